The predicted octanol–water partition coefficient (Wildman–Crippen LogP) is 4.53. The zero-order valence-electron chi connectivity index (χ0n) is 16.8. The van der Waals surface area contributed by atoms with Gasteiger partial charge in [0.2, 0.25) is 0 Å². The first-order valence-corrected chi connectivity index (χ1v) is 9.05. The van der Waals surface area contributed by atoms with E-state index in [9.17, 15) is 5.11 Å². The summed E-state index contributed by atoms with van der Waals surface area (Å²) in [5.74, 6) is 8.69. The minimum absolute atomic E-state index is 0.213. The third-order valence-electron chi connectivity index (χ3n) is 5.14. The van der Waals surface area contributed by atoms with Crippen LogP contribution in [0.1, 0.15) is 48.1 Å². The van der Waals surface area contributed by atoms with Gasteiger partial charge in [-0.15, -0.1) is 0 Å². The highest BCUT2D eigenvalue weighted by atomic mass is 16.5. The van der Waals surface area contributed by atoms with Gasteiger partial charge in [-0.2, -0.15) is 0 Å². The Morgan fingerprint density at radius 2 is 1.74 bits per heavy atom. The van der Waals surface area contributed by atoms with Gasteiger partial charge in [-0.1, -0.05) is 11.8 Å². The smallest absolute Gasteiger partial charge is 0.161 e. The minimum Gasteiger partial charge on any atom is -0.506 e. The Kier molecular flexibility index (Phi) is 4.97. The van der Waals surface area contributed by atoms with E-state index >= 15 is 0 Å². The molecule has 4 heteroatoms. The van der Waals surface area contributed by atoms with Crippen molar-refractivity contribution in [3.05, 3.63) is 46.0 Å². The van der Waals surface area contributed by atoms with Gasteiger partial charge in [-0.3, -0.25) is 0 Å². The summed E-state index contributed by atoms with van der Waals surface area (Å²) in [5.41, 5.74) is 4.00. The number of methoxy groups -OCH3 is 2. The van der Waals surface area contributed by atoms with Crippen LogP contribution in [-0.4, -0.2) is 24.9 Å². The molecule has 0 fully saturated rings. The fourth-order valence-corrected chi connectivity index (χ4v) is 3.33. The number of ether oxygens (including phenoxy) is 3. The van der Waals surface area contributed by atoms with Crippen LogP contribution in [-0.2, 0) is 6.42 Å². The second kappa shape index (κ2) is 7.08. The van der Waals surface area contributed by atoms with Crippen LogP contribution in [0.5, 0.6) is 23.0 Å². The first-order chi connectivity index (χ1) is 12.8. The van der Waals surface area contributed by atoms with Gasteiger partial charge in [-0.25, -0.2) is 0 Å². The predicted molar refractivity (Wildman–Crippen MR) is 106 cm³/mol. The summed E-state index contributed by atoms with van der Waals surface area (Å²) in [4.78, 5) is 0. The van der Waals surface area contributed by atoms with Crippen molar-refractivity contribution in [3.8, 4) is 34.8 Å². The van der Waals surface area contributed by atoms with Crippen molar-refractivity contribution in [1.29, 1.82) is 0 Å². The Labute approximate surface area is 161 Å². The number of fused-ring (bicyclic) bond motifs is 1. The van der Waals surface area contributed by atoms with Gasteiger partial charge >= 0.3 is 0 Å². The second-order valence-corrected chi connectivity index (χ2v) is 7.46. The lowest BCUT2D eigenvalue weighted by Crippen LogP contribution is -2.33. The largest absolute Gasteiger partial charge is 0.506 e. The van der Waals surface area contributed by atoms with Crippen molar-refractivity contribution in [2.75, 3.05) is 14.2 Å². The fraction of sp³-hybridized carbons (Fsp3) is 0.391. The maximum atomic E-state index is 10.7. The Morgan fingerprint density at radius 1 is 1.04 bits per heavy atom. The van der Waals surface area contributed by atoms with Crippen LogP contribution >= 0.6 is 0 Å². The normalized spacial score (nSPS) is 14.4. The monoisotopic (exact) mass is 366 g/mol. The molecule has 1 N–H and O–H groups in total. The third-order valence-corrected chi connectivity index (χ3v) is 5.14. The number of aromatic hydroxyl groups is 1. The molecule has 27 heavy (non-hydrogen) atoms. The van der Waals surface area contributed by atoms with Crippen LogP contribution in [0.15, 0.2) is 18.2 Å². The standard InChI is InChI=1S/C23H26O4/c1-14-15(2)22-18(11-12-23(3,4)27-22)17(21(14)24)9-7-16-8-10-19(25-5)20(13-16)26-6/h8,10,13,24H,11-12H2,1-6H3. The lowest BCUT2D eigenvalue weighted by Gasteiger charge is -2.35. The van der Waals surface area contributed by atoms with Crippen molar-refractivity contribution in [2.45, 2.75) is 46.1 Å². The first-order valence-electron chi connectivity index (χ1n) is 9.05. The molecule has 1 aliphatic heterocycles. The van der Waals surface area contributed by atoms with E-state index in [2.05, 4.69) is 25.7 Å². The van der Waals surface area contributed by atoms with E-state index in [1.165, 1.54) is 0 Å². The highest BCUT2D eigenvalue weighted by Gasteiger charge is 2.31. The van der Waals surface area contributed by atoms with Crippen molar-refractivity contribution < 1.29 is 19.3 Å². The minimum atomic E-state index is -0.213. The molecule has 4 nitrogen and oxygen atoms in total. The summed E-state index contributed by atoms with van der Waals surface area (Å²) in [6.45, 7) is 8.07. The lowest BCUT2D eigenvalue weighted by molar-refractivity contribution is 0.0833. The molecule has 3 rings (SSSR count). The van der Waals surface area contributed by atoms with Crippen molar-refractivity contribution in [3.63, 3.8) is 0 Å². The highest BCUT2D eigenvalue weighted by molar-refractivity contribution is 5.65. The van der Waals surface area contributed by atoms with Crippen LogP contribution < -0.4 is 14.2 Å². The summed E-state index contributed by atoms with van der Waals surface area (Å²) in [6.07, 6.45) is 1.71. The van der Waals surface area contributed by atoms with Crippen molar-refractivity contribution in [2.24, 2.45) is 0 Å². The number of hydrogen-bond acceptors (Lipinski definition) is 4. The molecule has 0 unspecified atom stereocenters. The molecule has 0 aliphatic carbocycles. The van der Waals surface area contributed by atoms with Crippen LogP contribution in [0.4, 0.5) is 0 Å². The zero-order chi connectivity index (χ0) is 19.8. The molecule has 0 saturated heterocycles. The highest BCUT2D eigenvalue weighted by Crippen LogP contribution is 2.43. The van der Waals surface area contributed by atoms with E-state index in [0.717, 1.165) is 40.8 Å². The van der Waals surface area contributed by atoms with Crippen LogP contribution in [0, 0.1) is 25.7 Å². The van der Waals surface area contributed by atoms with Crippen LogP contribution in [0.25, 0.3) is 0 Å². The Morgan fingerprint density at radius 3 is 2.41 bits per heavy atom. The summed E-state index contributed by atoms with van der Waals surface area (Å²) in [5, 5.41) is 10.7. The quantitative estimate of drug-likeness (QED) is 0.794. The van der Waals surface area contributed by atoms with Crippen LogP contribution in [0.2, 0.25) is 0 Å². The topological polar surface area (TPSA) is 47.9 Å². The second-order valence-electron chi connectivity index (χ2n) is 7.46. The average molecular weight is 366 g/mol. The van der Waals surface area contributed by atoms with Crippen molar-refractivity contribution in [1.82, 2.24) is 0 Å². The zero-order valence-corrected chi connectivity index (χ0v) is 16.8. The molecule has 0 atom stereocenters. The van der Waals surface area contributed by atoms with E-state index in [1.807, 2.05) is 32.0 Å². The summed E-state index contributed by atoms with van der Waals surface area (Å²) >= 11 is 0. The Bertz CT molecular complexity index is 945. The fourth-order valence-electron chi connectivity index (χ4n) is 3.33. The number of rotatable bonds is 2. The Balaban J connectivity index is 2.10. The van der Waals surface area contributed by atoms with Gasteiger partial charge in [0.15, 0.2) is 11.5 Å². The van der Waals surface area contributed by atoms with Gasteiger partial charge in [-0.05, 0) is 69.9 Å². The van der Waals surface area contributed by atoms with Crippen molar-refractivity contribution >= 4 is 0 Å². The third kappa shape index (κ3) is 3.55. The molecule has 2 aromatic carbocycles. The molecule has 0 spiro atoms. The maximum Gasteiger partial charge on any atom is 0.161 e. The van der Waals surface area contributed by atoms with Gasteiger partial charge in [0.05, 0.1) is 19.8 Å². The lowest BCUT2D eigenvalue weighted by atomic mass is 9.87. The summed E-state index contributed by atoms with van der Waals surface area (Å²) < 4.78 is 16.8. The van der Waals surface area contributed by atoms with E-state index in [0.29, 0.717) is 17.1 Å². The average Bonchev–Trinajstić information content (AvgIpc) is 2.65. The van der Waals surface area contributed by atoms with Gasteiger partial charge in [0.1, 0.15) is 17.1 Å². The Hall–Kier alpha value is -2.80. The van der Waals surface area contributed by atoms with Gasteiger partial charge in [0.25, 0.3) is 0 Å². The molecular formula is C23H26O4. The summed E-state index contributed by atoms with van der Waals surface area (Å²) in [7, 11) is 3.20. The molecule has 0 radical (unpaired) electrons. The number of hydrogen-bond donors (Lipinski definition) is 1. The van der Waals surface area contributed by atoms with E-state index in [-0.39, 0.29) is 11.4 Å². The molecule has 2 aromatic rings. The molecule has 142 valence electrons. The summed E-state index contributed by atoms with van der Waals surface area (Å²) in [6, 6.07) is 5.53. The van der Waals surface area contributed by atoms with Crippen LogP contribution in [0.3, 0.4) is 0 Å². The molecule has 0 saturated carbocycles. The van der Waals surface area contributed by atoms with Gasteiger partial charge in [0, 0.05) is 11.1 Å². The molecule has 0 amide bonds. The number of benzene rings is 2. The molecule has 0 bridgehead atoms. The molecule has 1 aliphatic rings. The number of phenols is 1. The molecule has 1 heterocycles. The molecule has 0 aromatic heterocycles. The van der Waals surface area contributed by atoms with E-state index < -0.39 is 0 Å². The maximum absolute atomic E-state index is 10.7. The SMILES string of the molecule is COc1ccc(C#Cc2c(O)c(C)c(C)c3c2CCC(C)(C)O3)cc1OC. The number of phenolic OH excluding ortho intramolecular Hbond substituents is 1. The van der Waals surface area contributed by atoms with Gasteiger partial charge < -0.3 is 19.3 Å². The first kappa shape index (κ1) is 19.0. The van der Waals surface area contributed by atoms with E-state index in [1.54, 1.807) is 14.2 Å². The molecular weight excluding hydrogens is 340 g/mol. The van der Waals surface area contributed by atoms with E-state index in [4.69, 9.17) is 14.2 Å².